The van der Waals surface area contributed by atoms with E-state index in [2.05, 4.69) is 6.42 Å². The van der Waals surface area contributed by atoms with Gasteiger partial charge in [-0.1, -0.05) is 5.92 Å². The number of halogens is 15. The summed E-state index contributed by atoms with van der Waals surface area (Å²) in [4.78, 5) is 0. The van der Waals surface area contributed by atoms with Crippen LogP contribution in [0.15, 0.2) is 11.9 Å². The standard InChI is InChI=1S/C11H3F15/c1-2-3-4(12)6(15,16)8(19,20)10(23,24)11(25,26)9(21,22)7(17,18)5(13)14/h1,3,5H/b4-3-. The summed E-state index contributed by atoms with van der Waals surface area (Å²) in [6.07, 6.45) is -2.62. The van der Waals surface area contributed by atoms with Crippen LogP contribution in [0.25, 0.3) is 0 Å². The minimum absolute atomic E-state index is 0.755. The molecule has 0 aromatic carbocycles. The third kappa shape index (κ3) is 2.96. The van der Waals surface area contributed by atoms with Gasteiger partial charge < -0.3 is 0 Å². The minimum atomic E-state index is -8.19. The van der Waals surface area contributed by atoms with Crippen LogP contribution in [0.5, 0.6) is 0 Å². The molecule has 0 rings (SSSR count). The fourth-order valence-electron chi connectivity index (χ4n) is 1.25. The van der Waals surface area contributed by atoms with E-state index >= 15 is 0 Å². The molecule has 0 N–H and O–H groups in total. The van der Waals surface area contributed by atoms with Crippen LogP contribution in [-0.4, -0.2) is 42.0 Å². The van der Waals surface area contributed by atoms with Gasteiger partial charge in [0.2, 0.25) is 0 Å². The average Bonchev–Trinajstić information content (AvgIpc) is 2.45. The first kappa shape index (κ1) is 24.2. The molecule has 0 atom stereocenters. The number of allylic oxidation sites excluding steroid dienone is 2. The van der Waals surface area contributed by atoms with Crippen molar-refractivity contribution in [1.82, 2.24) is 0 Å². The van der Waals surface area contributed by atoms with E-state index in [4.69, 9.17) is 0 Å². The van der Waals surface area contributed by atoms with Gasteiger partial charge in [-0.3, -0.25) is 0 Å². The minimum Gasteiger partial charge on any atom is -0.204 e. The van der Waals surface area contributed by atoms with Gasteiger partial charge >= 0.3 is 42.0 Å². The quantitative estimate of drug-likeness (QED) is 0.375. The maximum Gasteiger partial charge on any atom is 0.385 e. The van der Waals surface area contributed by atoms with Gasteiger partial charge in [0.05, 0.1) is 0 Å². The van der Waals surface area contributed by atoms with Crippen LogP contribution in [0.2, 0.25) is 0 Å². The summed E-state index contributed by atoms with van der Waals surface area (Å²) in [6.45, 7) is 0. The summed E-state index contributed by atoms with van der Waals surface area (Å²) in [5, 5.41) is 0. The van der Waals surface area contributed by atoms with Gasteiger partial charge in [-0.2, -0.15) is 52.7 Å². The zero-order valence-corrected chi connectivity index (χ0v) is 11.4. The molecule has 0 amide bonds. The molecule has 0 aliphatic carbocycles. The number of hydrogen-bond acceptors (Lipinski definition) is 0. The van der Waals surface area contributed by atoms with Crippen molar-refractivity contribution in [2.24, 2.45) is 0 Å². The van der Waals surface area contributed by atoms with E-state index in [1.165, 1.54) is 0 Å². The predicted molar refractivity (Wildman–Crippen MR) is 53.7 cm³/mol. The van der Waals surface area contributed by atoms with Crippen LogP contribution < -0.4 is 0 Å². The van der Waals surface area contributed by atoms with Crippen LogP contribution in [0.4, 0.5) is 65.9 Å². The molecule has 0 heterocycles. The molecule has 15 heteroatoms. The Hall–Kier alpha value is -1.75. The second-order valence-corrected chi connectivity index (χ2v) is 4.45. The van der Waals surface area contributed by atoms with E-state index in [1.54, 1.807) is 0 Å². The largest absolute Gasteiger partial charge is 0.385 e. The van der Waals surface area contributed by atoms with Crippen LogP contribution in [0, 0.1) is 12.3 Å². The maximum atomic E-state index is 13.1. The fourth-order valence-corrected chi connectivity index (χ4v) is 1.25. The molecule has 0 nitrogen and oxygen atoms in total. The Labute approximate surface area is 133 Å². The fraction of sp³-hybridized carbons (Fsp3) is 0.636. The molecule has 0 radical (unpaired) electrons. The van der Waals surface area contributed by atoms with Crippen molar-refractivity contribution in [3.63, 3.8) is 0 Å². The van der Waals surface area contributed by atoms with Crippen molar-refractivity contribution in [2.45, 2.75) is 42.0 Å². The van der Waals surface area contributed by atoms with E-state index in [-0.39, 0.29) is 0 Å². The Kier molecular flexibility index (Phi) is 6.01. The summed E-state index contributed by atoms with van der Waals surface area (Å²) >= 11 is 0. The molecule has 0 saturated heterocycles. The average molecular weight is 420 g/mol. The zero-order chi connectivity index (χ0) is 21.6. The molecule has 0 spiro atoms. The van der Waals surface area contributed by atoms with Crippen molar-refractivity contribution < 1.29 is 65.9 Å². The molecule has 0 aliphatic heterocycles. The number of rotatable bonds is 7. The van der Waals surface area contributed by atoms with E-state index in [0.29, 0.717) is 0 Å². The molecule has 0 aliphatic rings. The monoisotopic (exact) mass is 420 g/mol. The van der Waals surface area contributed by atoms with Crippen molar-refractivity contribution in [2.75, 3.05) is 0 Å². The van der Waals surface area contributed by atoms with Crippen molar-refractivity contribution >= 4 is 0 Å². The van der Waals surface area contributed by atoms with Gasteiger partial charge in [-0.15, -0.1) is 6.42 Å². The van der Waals surface area contributed by atoms with Crippen LogP contribution >= 0.6 is 0 Å². The van der Waals surface area contributed by atoms with Crippen LogP contribution in [-0.2, 0) is 0 Å². The van der Waals surface area contributed by atoms with Gasteiger partial charge in [0.15, 0.2) is 5.83 Å². The second-order valence-electron chi connectivity index (χ2n) is 4.45. The maximum absolute atomic E-state index is 13.1. The summed E-state index contributed by atoms with van der Waals surface area (Å²) in [7, 11) is 0. The Balaban J connectivity index is 6.55. The normalized spacial score (nSPS) is 16.0. The van der Waals surface area contributed by atoms with Gasteiger partial charge in [-0.05, 0) is 0 Å². The SMILES string of the molecule is C#C/C=C(\F)C(F)(F)C(F)(F)C(F)(F)C(F)(F)C(F)(F)C(F)(F)C(F)F. The van der Waals surface area contributed by atoms with Gasteiger partial charge in [-0.25, -0.2) is 13.2 Å². The molecule has 26 heavy (non-hydrogen) atoms. The lowest BCUT2D eigenvalue weighted by molar-refractivity contribution is -0.430. The summed E-state index contributed by atoms with van der Waals surface area (Å²) < 4.78 is 191. The van der Waals surface area contributed by atoms with Crippen LogP contribution in [0.3, 0.4) is 0 Å². The van der Waals surface area contributed by atoms with Gasteiger partial charge in [0.1, 0.15) is 0 Å². The van der Waals surface area contributed by atoms with E-state index in [9.17, 15) is 65.9 Å². The van der Waals surface area contributed by atoms with E-state index in [1.807, 2.05) is 0 Å². The molecule has 0 aromatic heterocycles. The number of alkyl halides is 14. The number of hydrogen-bond donors (Lipinski definition) is 0. The highest BCUT2D eigenvalue weighted by Crippen LogP contribution is 2.61. The smallest absolute Gasteiger partial charge is 0.204 e. The molecule has 0 saturated carbocycles. The first-order valence-electron chi connectivity index (χ1n) is 5.55. The Morgan fingerprint density at radius 1 is 0.692 bits per heavy atom. The lowest BCUT2D eigenvalue weighted by Crippen LogP contribution is -2.71. The highest BCUT2D eigenvalue weighted by molar-refractivity contribution is 5.24. The Morgan fingerprint density at radius 2 is 1.04 bits per heavy atom. The molecule has 0 fully saturated rings. The molecule has 152 valence electrons. The lowest BCUT2D eigenvalue weighted by Gasteiger charge is -2.40. The van der Waals surface area contributed by atoms with Gasteiger partial charge in [0, 0.05) is 6.08 Å². The molecule has 0 unspecified atom stereocenters. The lowest BCUT2D eigenvalue weighted by atomic mass is 9.91. The van der Waals surface area contributed by atoms with Gasteiger partial charge in [0.25, 0.3) is 0 Å². The molecule has 0 aromatic rings. The van der Waals surface area contributed by atoms with E-state index < -0.39 is 53.9 Å². The highest BCUT2D eigenvalue weighted by Gasteiger charge is 2.91. The van der Waals surface area contributed by atoms with E-state index in [0.717, 1.165) is 5.92 Å². The third-order valence-electron chi connectivity index (χ3n) is 2.78. The van der Waals surface area contributed by atoms with Crippen LogP contribution in [0.1, 0.15) is 0 Å². The Bertz CT molecular complexity index is 591. The second kappa shape index (κ2) is 6.45. The zero-order valence-electron chi connectivity index (χ0n) is 11.4. The first-order valence-corrected chi connectivity index (χ1v) is 5.55. The van der Waals surface area contributed by atoms with Crippen molar-refractivity contribution in [1.29, 1.82) is 0 Å². The topological polar surface area (TPSA) is 0 Å². The molecular weight excluding hydrogens is 417 g/mol. The highest BCUT2D eigenvalue weighted by atomic mass is 19.4. The summed E-state index contributed by atoms with van der Waals surface area (Å²) in [5.74, 6) is -49.4. The van der Waals surface area contributed by atoms with Crippen molar-refractivity contribution in [3.05, 3.63) is 11.9 Å². The molecular formula is C11H3F15. The molecule has 0 bridgehead atoms. The predicted octanol–water partition coefficient (Wildman–Crippen LogP) is 5.55. The summed E-state index contributed by atoms with van der Waals surface area (Å²) in [5.41, 5.74) is 0. The number of terminal acetylenes is 1. The third-order valence-corrected chi connectivity index (χ3v) is 2.78. The van der Waals surface area contributed by atoms with Crippen molar-refractivity contribution in [3.8, 4) is 12.3 Å². The first-order chi connectivity index (χ1) is 11.2. The summed E-state index contributed by atoms with van der Waals surface area (Å²) in [6, 6.07) is 0. The Morgan fingerprint density at radius 3 is 1.35 bits per heavy atom.